The highest BCUT2D eigenvalue weighted by Gasteiger charge is 2.29. The van der Waals surface area contributed by atoms with Crippen LogP contribution in [0.2, 0.25) is 5.02 Å². The smallest absolute Gasteiger partial charge is 0.410 e. The molecule has 1 aliphatic heterocycles. The van der Waals surface area contributed by atoms with Gasteiger partial charge >= 0.3 is 6.09 Å². The third kappa shape index (κ3) is 6.11. The molecule has 2 rings (SSSR count). The molecular formula is C22H34ClNO3. The Morgan fingerprint density at radius 2 is 1.89 bits per heavy atom. The predicted molar refractivity (Wildman–Crippen MR) is 110 cm³/mol. The van der Waals surface area contributed by atoms with Crippen molar-refractivity contribution >= 4 is 17.7 Å². The van der Waals surface area contributed by atoms with E-state index in [-0.39, 0.29) is 6.09 Å². The van der Waals surface area contributed by atoms with E-state index in [1.807, 2.05) is 33.8 Å². The number of nitrogens with zero attached hydrogens (tertiary/aromatic N) is 1. The van der Waals surface area contributed by atoms with E-state index >= 15 is 0 Å². The summed E-state index contributed by atoms with van der Waals surface area (Å²) >= 11 is 6.35. The summed E-state index contributed by atoms with van der Waals surface area (Å²) in [5, 5.41) is 11.4. The third-order valence-corrected chi connectivity index (χ3v) is 5.41. The fraction of sp³-hybridized carbons (Fsp3) is 0.682. The monoisotopic (exact) mass is 395 g/mol. The van der Waals surface area contributed by atoms with Gasteiger partial charge in [0, 0.05) is 18.1 Å². The minimum Gasteiger partial charge on any atom is -0.444 e. The lowest BCUT2D eigenvalue weighted by atomic mass is 9.83. The molecule has 1 fully saturated rings. The van der Waals surface area contributed by atoms with Crippen LogP contribution in [0.3, 0.4) is 0 Å². The largest absolute Gasteiger partial charge is 0.444 e. The van der Waals surface area contributed by atoms with Crippen molar-refractivity contribution in [2.45, 2.75) is 78.4 Å². The van der Waals surface area contributed by atoms with E-state index in [0.717, 1.165) is 24.0 Å². The second-order valence-electron chi connectivity index (χ2n) is 9.12. The Labute approximate surface area is 168 Å². The molecule has 0 radical (unpaired) electrons. The van der Waals surface area contributed by atoms with Gasteiger partial charge in [-0.1, -0.05) is 31.5 Å². The summed E-state index contributed by atoms with van der Waals surface area (Å²) in [4.78, 5) is 14.1. The molecule has 1 heterocycles. The van der Waals surface area contributed by atoms with Crippen LogP contribution in [-0.4, -0.2) is 34.8 Å². The molecule has 5 heteroatoms. The zero-order valence-electron chi connectivity index (χ0n) is 17.5. The van der Waals surface area contributed by atoms with Crippen molar-refractivity contribution < 1.29 is 14.6 Å². The van der Waals surface area contributed by atoms with Crippen LogP contribution in [-0.2, 0) is 4.74 Å². The number of likely N-dealkylation sites (tertiary alicyclic amines) is 1. The Balaban J connectivity index is 2.15. The van der Waals surface area contributed by atoms with E-state index in [4.69, 9.17) is 16.3 Å². The van der Waals surface area contributed by atoms with Crippen molar-refractivity contribution in [3.63, 3.8) is 0 Å². The molecule has 1 aromatic carbocycles. The van der Waals surface area contributed by atoms with E-state index in [1.165, 1.54) is 5.56 Å². The highest BCUT2D eigenvalue weighted by Crippen LogP contribution is 2.37. The van der Waals surface area contributed by atoms with E-state index in [0.29, 0.717) is 36.4 Å². The lowest BCUT2D eigenvalue weighted by molar-refractivity contribution is 0.0204. The molecule has 0 aliphatic carbocycles. The summed E-state index contributed by atoms with van der Waals surface area (Å²) in [6, 6.07) is 4.05. The van der Waals surface area contributed by atoms with E-state index in [9.17, 15) is 9.90 Å². The number of ether oxygens (including phenoxy) is 1. The molecule has 1 saturated heterocycles. The lowest BCUT2D eigenvalue weighted by Crippen LogP contribution is -2.41. The highest BCUT2D eigenvalue weighted by molar-refractivity contribution is 6.31. The first kappa shape index (κ1) is 22.0. The second-order valence-corrected chi connectivity index (χ2v) is 9.52. The molecule has 0 saturated carbocycles. The van der Waals surface area contributed by atoms with Gasteiger partial charge in [-0.2, -0.15) is 0 Å². The topological polar surface area (TPSA) is 49.8 Å². The summed E-state index contributed by atoms with van der Waals surface area (Å²) in [7, 11) is 0. The fourth-order valence-corrected chi connectivity index (χ4v) is 3.81. The number of amides is 1. The number of aliphatic hydroxyl groups is 1. The molecule has 1 aliphatic rings. The molecule has 1 aromatic rings. The number of carbonyl (C=O) groups excluding carboxylic acids is 1. The summed E-state index contributed by atoms with van der Waals surface area (Å²) in [6.45, 7) is 13.2. The van der Waals surface area contributed by atoms with Gasteiger partial charge in [0.1, 0.15) is 5.60 Å². The quantitative estimate of drug-likeness (QED) is 0.696. The van der Waals surface area contributed by atoms with Gasteiger partial charge in [-0.05, 0) is 81.5 Å². The number of aliphatic hydroxyl groups excluding tert-OH is 1. The normalized spacial score (nSPS) is 17.3. The van der Waals surface area contributed by atoms with E-state index in [1.54, 1.807) is 4.90 Å². The van der Waals surface area contributed by atoms with Gasteiger partial charge in [0.2, 0.25) is 0 Å². The fourth-order valence-electron chi connectivity index (χ4n) is 3.63. The number of piperidine rings is 1. The zero-order valence-corrected chi connectivity index (χ0v) is 18.3. The summed E-state index contributed by atoms with van der Waals surface area (Å²) < 4.78 is 5.49. The average molecular weight is 396 g/mol. The maximum absolute atomic E-state index is 12.3. The van der Waals surface area contributed by atoms with Gasteiger partial charge in [0.25, 0.3) is 0 Å². The van der Waals surface area contributed by atoms with Crippen LogP contribution in [0, 0.1) is 12.8 Å². The number of hydrogen-bond donors (Lipinski definition) is 1. The predicted octanol–water partition coefficient (Wildman–Crippen LogP) is 5.84. The van der Waals surface area contributed by atoms with Gasteiger partial charge in [0.15, 0.2) is 0 Å². The van der Waals surface area contributed by atoms with E-state index < -0.39 is 11.7 Å². The molecule has 152 valence electrons. The van der Waals surface area contributed by atoms with Crippen molar-refractivity contribution in [2.75, 3.05) is 13.1 Å². The van der Waals surface area contributed by atoms with Crippen LogP contribution in [0.15, 0.2) is 12.1 Å². The van der Waals surface area contributed by atoms with Gasteiger partial charge in [-0.25, -0.2) is 4.79 Å². The molecule has 1 atom stereocenters. The number of benzene rings is 1. The summed E-state index contributed by atoms with van der Waals surface area (Å²) in [6.07, 6.45) is 1.68. The number of hydrogen-bond acceptors (Lipinski definition) is 3. The summed E-state index contributed by atoms with van der Waals surface area (Å²) in [5.74, 6) is 0.721. The standard InChI is InChI=1S/C22H34ClNO3/c1-14(2)11-20(25)18-13-19(23)15(3)12-17(18)16-7-9-24(10-8-16)21(26)27-22(4,5)6/h12-14,16,20,25H,7-11H2,1-6H3. The number of aryl methyl sites for hydroxylation is 1. The van der Waals surface area contributed by atoms with Crippen molar-refractivity contribution in [1.29, 1.82) is 0 Å². The Hall–Kier alpha value is -1.26. The van der Waals surface area contributed by atoms with Crippen LogP contribution >= 0.6 is 11.6 Å². The molecule has 1 N–H and O–H groups in total. The highest BCUT2D eigenvalue weighted by atomic mass is 35.5. The van der Waals surface area contributed by atoms with Crippen molar-refractivity contribution in [3.05, 3.63) is 33.8 Å². The van der Waals surface area contributed by atoms with Crippen molar-refractivity contribution in [3.8, 4) is 0 Å². The molecule has 27 heavy (non-hydrogen) atoms. The van der Waals surface area contributed by atoms with Gasteiger partial charge in [0.05, 0.1) is 6.10 Å². The van der Waals surface area contributed by atoms with Crippen LogP contribution in [0.4, 0.5) is 4.79 Å². The lowest BCUT2D eigenvalue weighted by Gasteiger charge is -2.35. The van der Waals surface area contributed by atoms with Gasteiger partial charge < -0.3 is 14.7 Å². The summed E-state index contributed by atoms with van der Waals surface area (Å²) in [5.41, 5.74) is 2.67. The average Bonchev–Trinajstić information content (AvgIpc) is 2.55. The first-order valence-electron chi connectivity index (χ1n) is 9.94. The minimum absolute atomic E-state index is 0.242. The molecule has 0 spiro atoms. The van der Waals surface area contributed by atoms with Crippen LogP contribution in [0.1, 0.15) is 82.6 Å². The zero-order chi connectivity index (χ0) is 20.4. The minimum atomic E-state index is -0.512. The van der Waals surface area contributed by atoms with Crippen LogP contribution in [0.25, 0.3) is 0 Å². The van der Waals surface area contributed by atoms with Gasteiger partial charge in [-0.15, -0.1) is 0 Å². The molecule has 1 amide bonds. The maximum atomic E-state index is 12.3. The first-order chi connectivity index (χ1) is 12.5. The molecule has 0 bridgehead atoms. The molecule has 4 nitrogen and oxygen atoms in total. The molecule has 0 aromatic heterocycles. The SMILES string of the molecule is Cc1cc(C2CCN(C(=O)OC(C)(C)C)CC2)c(C(O)CC(C)C)cc1Cl. The van der Waals surface area contributed by atoms with Crippen molar-refractivity contribution in [1.82, 2.24) is 4.90 Å². The first-order valence-corrected chi connectivity index (χ1v) is 10.3. The molecule has 1 unspecified atom stereocenters. The number of halogens is 1. The van der Waals surface area contributed by atoms with Crippen molar-refractivity contribution in [2.24, 2.45) is 5.92 Å². The Morgan fingerprint density at radius 1 is 1.30 bits per heavy atom. The maximum Gasteiger partial charge on any atom is 0.410 e. The Bertz CT molecular complexity index is 658. The molecular weight excluding hydrogens is 362 g/mol. The third-order valence-electron chi connectivity index (χ3n) is 5.00. The Kier molecular flexibility index (Phi) is 7.20. The Morgan fingerprint density at radius 3 is 2.41 bits per heavy atom. The van der Waals surface area contributed by atoms with Crippen LogP contribution in [0.5, 0.6) is 0 Å². The second kappa shape index (κ2) is 8.83. The van der Waals surface area contributed by atoms with E-state index in [2.05, 4.69) is 19.9 Å². The van der Waals surface area contributed by atoms with Crippen LogP contribution < -0.4 is 0 Å². The number of carbonyl (C=O) groups is 1. The van der Waals surface area contributed by atoms with Gasteiger partial charge in [-0.3, -0.25) is 0 Å². The number of rotatable bonds is 4.